The van der Waals surface area contributed by atoms with Crippen LogP contribution in [0.25, 0.3) is 0 Å². The Balaban J connectivity index is 2.35. The van der Waals surface area contributed by atoms with Gasteiger partial charge in [0.15, 0.2) is 5.96 Å². The van der Waals surface area contributed by atoms with E-state index in [0.717, 1.165) is 0 Å². The zero-order valence-electron chi connectivity index (χ0n) is 31.5. The number of carbonyl (C=O) groups is 6. The highest BCUT2D eigenvalue weighted by Crippen LogP contribution is 2.15. The number of imidazole rings is 1. The van der Waals surface area contributed by atoms with Crippen LogP contribution < -0.4 is 49.1 Å². The van der Waals surface area contributed by atoms with Crippen molar-refractivity contribution in [2.45, 2.75) is 90.0 Å². The zero-order chi connectivity index (χ0) is 40.4. The Hall–Kier alpha value is -5.72. The van der Waals surface area contributed by atoms with E-state index in [9.17, 15) is 33.9 Å². The van der Waals surface area contributed by atoms with Gasteiger partial charge in [-0.05, 0) is 49.4 Å². The summed E-state index contributed by atoms with van der Waals surface area (Å²) in [5.74, 6) is -4.95. The fourth-order valence-electron chi connectivity index (χ4n) is 5.36. The summed E-state index contributed by atoms with van der Waals surface area (Å²) < 4.78 is 0. The fraction of sp³-hybridized carbons (Fsp3) is 0.543. The van der Waals surface area contributed by atoms with Gasteiger partial charge >= 0.3 is 0 Å². The van der Waals surface area contributed by atoms with Gasteiger partial charge in [-0.15, -0.1) is 0 Å². The number of phenolic OH excluding ortho intramolecular Hbond substituents is 1. The van der Waals surface area contributed by atoms with Crippen LogP contribution in [0.4, 0.5) is 0 Å². The molecule has 298 valence electrons. The predicted molar refractivity (Wildman–Crippen MR) is 201 cm³/mol. The van der Waals surface area contributed by atoms with Crippen LogP contribution in [0.5, 0.6) is 5.75 Å². The number of H-pyrrole nitrogens is 1. The van der Waals surface area contributed by atoms with Crippen molar-refractivity contribution >= 4 is 41.4 Å². The standard InChI is InChI=1S/C35H56N12O7/c1-6-20(4)29(34(54)44-25(30(36)50)15-22-16-40-18-42-22)47-32(52)26(14-21-9-11-23(48)12-10-21)45-33(53)28(19(2)3)46-31(51)24(43-27(49)17-39-5)8-7-13-41-35(37)38/h9-12,16,18-20,24-26,28-29,39,48H,6-8,13-15,17H2,1-5H3,(H2,36,50)(H,40,42)(H,43,49)(H,44,54)(H,45,53)(H,46,51)(H,47,52)(H4,37,38,41)/t20-,24+,25+,26+,28+,29+/m1/s1. The van der Waals surface area contributed by atoms with E-state index in [1.165, 1.54) is 24.7 Å². The average Bonchev–Trinajstić information content (AvgIpc) is 3.63. The molecule has 0 saturated carbocycles. The van der Waals surface area contributed by atoms with Crippen molar-refractivity contribution in [3.8, 4) is 5.75 Å². The highest BCUT2D eigenvalue weighted by molar-refractivity contribution is 5.96. The second-order valence-corrected chi connectivity index (χ2v) is 13.4. The van der Waals surface area contributed by atoms with Crippen LogP contribution in [-0.4, -0.2) is 107 Å². The summed E-state index contributed by atoms with van der Waals surface area (Å²) in [6, 6.07) is 0.331. The molecule has 0 fully saturated rings. The molecule has 0 aliphatic carbocycles. The number of nitrogens with zero attached hydrogens (tertiary/aromatic N) is 2. The first-order valence-electron chi connectivity index (χ1n) is 17.8. The number of rotatable bonds is 23. The number of aromatic nitrogens is 2. The summed E-state index contributed by atoms with van der Waals surface area (Å²) in [4.78, 5) is 90.5. The molecule has 2 rings (SSSR count). The number of likely N-dealkylation sites (N-methyl/N-ethyl adjacent to an activating group) is 1. The highest BCUT2D eigenvalue weighted by atomic mass is 16.3. The topological polar surface area (TPSA) is 314 Å². The van der Waals surface area contributed by atoms with Crippen LogP contribution in [0, 0.1) is 11.8 Å². The largest absolute Gasteiger partial charge is 0.508 e. The van der Waals surface area contributed by atoms with E-state index in [-0.39, 0.29) is 44.1 Å². The minimum Gasteiger partial charge on any atom is -0.508 e. The zero-order valence-corrected chi connectivity index (χ0v) is 31.5. The van der Waals surface area contributed by atoms with Gasteiger partial charge in [0.1, 0.15) is 36.0 Å². The van der Waals surface area contributed by atoms with E-state index in [1.807, 2.05) is 6.92 Å². The molecule has 0 radical (unpaired) electrons. The van der Waals surface area contributed by atoms with Crippen LogP contribution >= 0.6 is 0 Å². The summed E-state index contributed by atoms with van der Waals surface area (Å²) in [7, 11) is 1.58. The molecule has 19 nitrogen and oxygen atoms in total. The van der Waals surface area contributed by atoms with Crippen LogP contribution in [-0.2, 0) is 41.6 Å². The van der Waals surface area contributed by atoms with Crippen molar-refractivity contribution in [1.82, 2.24) is 41.9 Å². The lowest BCUT2D eigenvalue weighted by Gasteiger charge is -2.30. The number of aromatic hydroxyl groups is 1. The number of carbonyl (C=O) groups excluding carboxylic acids is 6. The third kappa shape index (κ3) is 15.1. The van der Waals surface area contributed by atoms with Crippen molar-refractivity contribution in [1.29, 1.82) is 0 Å². The first-order chi connectivity index (χ1) is 25.6. The summed E-state index contributed by atoms with van der Waals surface area (Å²) >= 11 is 0. The number of aliphatic imine (C=N–C) groups is 1. The van der Waals surface area contributed by atoms with Crippen LogP contribution in [0.3, 0.4) is 0 Å². The third-order valence-corrected chi connectivity index (χ3v) is 8.62. The Kier molecular flexibility index (Phi) is 18.4. The van der Waals surface area contributed by atoms with Gasteiger partial charge in [-0.3, -0.25) is 33.8 Å². The predicted octanol–water partition coefficient (Wildman–Crippen LogP) is -2.22. The minimum absolute atomic E-state index is 0.00586. The molecule has 54 heavy (non-hydrogen) atoms. The van der Waals surface area contributed by atoms with Gasteiger partial charge in [0, 0.05) is 31.3 Å². The van der Waals surface area contributed by atoms with Gasteiger partial charge in [0.25, 0.3) is 0 Å². The molecule has 1 aromatic carbocycles. The lowest BCUT2D eigenvalue weighted by atomic mass is 9.96. The molecular formula is C35H56N12O7. The molecule has 1 heterocycles. The quantitative estimate of drug-likeness (QED) is 0.0328. The van der Waals surface area contributed by atoms with Crippen LogP contribution in [0.15, 0.2) is 41.8 Å². The Bertz CT molecular complexity index is 1560. The number of nitrogens with one attached hydrogen (secondary N) is 7. The maximum atomic E-state index is 14.0. The summed E-state index contributed by atoms with van der Waals surface area (Å²) in [6.07, 6.45) is 3.88. The minimum atomic E-state index is -1.26. The van der Waals surface area contributed by atoms with Crippen LogP contribution in [0.1, 0.15) is 58.2 Å². The SMILES string of the molecule is CC[C@@H](C)[C@H](NC(=O)[C@H](Cc1ccc(O)cc1)NC(=O)[C@@H](NC(=O)[C@H](CCCN=C(N)N)NC(=O)CNC)C(C)C)C(=O)N[C@@H](Cc1cnc[nH]1)C(N)=O. The number of benzene rings is 1. The van der Waals surface area contributed by atoms with Crippen molar-refractivity contribution in [3.05, 3.63) is 48.0 Å². The molecule has 14 N–H and O–H groups in total. The molecule has 0 aliphatic rings. The average molecular weight is 757 g/mol. The maximum absolute atomic E-state index is 14.0. The molecule has 19 heteroatoms. The van der Waals surface area contributed by atoms with Gasteiger partial charge < -0.3 is 59.2 Å². The van der Waals surface area contributed by atoms with Crippen molar-refractivity contribution in [2.75, 3.05) is 20.1 Å². The molecule has 6 atom stereocenters. The first-order valence-corrected chi connectivity index (χ1v) is 17.8. The summed E-state index contributed by atoms with van der Waals surface area (Å²) in [5, 5.41) is 26.0. The summed E-state index contributed by atoms with van der Waals surface area (Å²) in [5.41, 5.74) is 17.5. The van der Waals surface area contributed by atoms with Crippen molar-refractivity contribution in [2.24, 2.45) is 34.0 Å². The molecule has 0 bridgehead atoms. The lowest BCUT2D eigenvalue weighted by Crippen LogP contribution is -2.61. The van der Waals surface area contributed by atoms with E-state index in [2.05, 4.69) is 46.9 Å². The number of nitrogens with two attached hydrogens (primary N) is 3. The molecular weight excluding hydrogens is 700 g/mol. The molecule has 0 aliphatic heterocycles. The number of hydrogen-bond donors (Lipinski definition) is 11. The van der Waals surface area contributed by atoms with Gasteiger partial charge in [0.2, 0.25) is 35.4 Å². The molecule has 0 saturated heterocycles. The normalized spacial score (nSPS) is 14.3. The fourth-order valence-corrected chi connectivity index (χ4v) is 5.36. The number of guanidine groups is 1. The van der Waals surface area contributed by atoms with Crippen molar-refractivity contribution in [3.63, 3.8) is 0 Å². The monoisotopic (exact) mass is 756 g/mol. The third-order valence-electron chi connectivity index (χ3n) is 8.62. The highest BCUT2D eigenvalue weighted by Gasteiger charge is 2.35. The van der Waals surface area contributed by atoms with Crippen molar-refractivity contribution < 1.29 is 33.9 Å². The van der Waals surface area contributed by atoms with Crippen LogP contribution in [0.2, 0.25) is 0 Å². The molecule has 0 spiro atoms. The van der Waals surface area contributed by atoms with E-state index < -0.39 is 77.5 Å². The smallest absolute Gasteiger partial charge is 0.243 e. The maximum Gasteiger partial charge on any atom is 0.243 e. The number of amides is 6. The second-order valence-electron chi connectivity index (χ2n) is 13.4. The van der Waals surface area contributed by atoms with Gasteiger partial charge in [-0.25, -0.2) is 4.98 Å². The van der Waals surface area contributed by atoms with E-state index in [4.69, 9.17) is 17.2 Å². The Morgan fingerprint density at radius 1 is 0.815 bits per heavy atom. The van der Waals surface area contributed by atoms with Gasteiger partial charge in [-0.2, -0.15) is 0 Å². The number of phenols is 1. The van der Waals surface area contributed by atoms with E-state index in [0.29, 0.717) is 24.1 Å². The Morgan fingerprint density at radius 2 is 1.43 bits per heavy atom. The number of primary amides is 1. The van der Waals surface area contributed by atoms with E-state index in [1.54, 1.807) is 40.0 Å². The van der Waals surface area contributed by atoms with E-state index >= 15 is 0 Å². The first kappa shape index (κ1) is 44.4. The van der Waals surface area contributed by atoms with Gasteiger partial charge in [-0.1, -0.05) is 46.2 Å². The molecule has 0 unspecified atom stereocenters. The second kappa shape index (κ2) is 22.4. The Morgan fingerprint density at radius 3 is 1.98 bits per heavy atom. The molecule has 1 aromatic heterocycles. The summed E-state index contributed by atoms with van der Waals surface area (Å²) in [6.45, 7) is 7.14. The molecule has 2 aromatic rings. The van der Waals surface area contributed by atoms with Gasteiger partial charge in [0.05, 0.1) is 12.9 Å². The number of aromatic amines is 1. The number of hydrogen-bond acceptors (Lipinski definition) is 10. The lowest BCUT2D eigenvalue weighted by molar-refractivity contribution is -0.136. The molecule has 6 amide bonds. The Labute approximate surface area is 314 Å².